The second kappa shape index (κ2) is 7.41. The van der Waals surface area contributed by atoms with E-state index >= 15 is 0 Å². The zero-order valence-electron chi connectivity index (χ0n) is 17.9. The summed E-state index contributed by atoms with van der Waals surface area (Å²) in [6.07, 6.45) is 4.20. The van der Waals surface area contributed by atoms with Crippen LogP contribution in [0, 0.1) is 26.7 Å². The number of nitrogens with one attached hydrogen (secondary N) is 1. The minimum Gasteiger partial charge on any atom is -0.360 e. The van der Waals surface area contributed by atoms with Gasteiger partial charge < -0.3 is 9.84 Å². The Balaban J connectivity index is 1.53. The molecular weight excluding hydrogens is 384 g/mol. The van der Waals surface area contributed by atoms with E-state index in [-0.39, 0.29) is 18.2 Å². The molecule has 0 atom stereocenters. The van der Waals surface area contributed by atoms with Crippen LogP contribution >= 0.6 is 0 Å². The summed E-state index contributed by atoms with van der Waals surface area (Å²) < 4.78 is 6.99. The Morgan fingerprint density at radius 3 is 2.53 bits per heavy atom. The lowest BCUT2D eigenvalue weighted by atomic mass is 9.75. The van der Waals surface area contributed by atoms with E-state index in [1.165, 1.54) is 0 Å². The molecule has 160 valence electrons. The molecule has 0 aromatic carbocycles. The van der Waals surface area contributed by atoms with Crippen molar-refractivity contribution in [2.75, 3.05) is 6.54 Å². The Morgan fingerprint density at radius 1 is 1.23 bits per heavy atom. The molecule has 2 fully saturated rings. The molecule has 0 radical (unpaired) electrons. The SMILES string of the molecule is CCC1CCC2(CC1)NC(=O)N(CC(=O)c1cc(C)n(-c3cc(C)on3)c1C)C2=O. The average Bonchev–Trinajstić information content (AvgIpc) is 3.33. The number of aryl methyl sites for hydroxylation is 2. The molecule has 1 aliphatic carbocycles. The molecule has 3 amide bonds. The van der Waals surface area contributed by atoms with Gasteiger partial charge >= 0.3 is 6.03 Å². The van der Waals surface area contributed by atoms with Crippen LogP contribution < -0.4 is 5.32 Å². The quantitative estimate of drug-likeness (QED) is 0.599. The van der Waals surface area contributed by atoms with Crippen molar-refractivity contribution < 1.29 is 18.9 Å². The fraction of sp³-hybridized carbons (Fsp3) is 0.545. The van der Waals surface area contributed by atoms with Gasteiger partial charge in [0, 0.05) is 23.0 Å². The summed E-state index contributed by atoms with van der Waals surface area (Å²) in [7, 11) is 0. The molecular formula is C22H28N4O4. The Labute approximate surface area is 175 Å². The van der Waals surface area contributed by atoms with E-state index in [1.807, 2.05) is 18.4 Å². The van der Waals surface area contributed by atoms with Crippen molar-refractivity contribution in [1.29, 1.82) is 0 Å². The molecule has 2 aromatic rings. The molecule has 1 aliphatic heterocycles. The van der Waals surface area contributed by atoms with Crippen molar-refractivity contribution in [1.82, 2.24) is 19.9 Å². The number of carbonyl (C=O) groups is 3. The van der Waals surface area contributed by atoms with Crippen molar-refractivity contribution >= 4 is 17.7 Å². The third-order valence-corrected chi connectivity index (χ3v) is 6.66. The maximum Gasteiger partial charge on any atom is 0.325 e. The number of amides is 3. The predicted octanol–water partition coefficient (Wildman–Crippen LogP) is 3.46. The van der Waals surface area contributed by atoms with Gasteiger partial charge in [0.25, 0.3) is 5.91 Å². The zero-order valence-corrected chi connectivity index (χ0v) is 17.9. The number of hydrogen-bond donors (Lipinski definition) is 1. The number of urea groups is 1. The maximum absolute atomic E-state index is 13.1. The number of rotatable bonds is 5. The summed E-state index contributed by atoms with van der Waals surface area (Å²) >= 11 is 0. The van der Waals surface area contributed by atoms with E-state index in [9.17, 15) is 14.4 Å². The van der Waals surface area contributed by atoms with Crippen molar-refractivity contribution in [3.8, 4) is 5.82 Å². The van der Waals surface area contributed by atoms with Crippen LogP contribution in [-0.4, -0.2) is 44.4 Å². The molecule has 8 heteroatoms. The highest BCUT2D eigenvalue weighted by Gasteiger charge is 2.52. The van der Waals surface area contributed by atoms with Gasteiger partial charge in [-0.25, -0.2) is 4.79 Å². The predicted molar refractivity (Wildman–Crippen MR) is 110 cm³/mol. The Kier molecular flexibility index (Phi) is 5.03. The van der Waals surface area contributed by atoms with Crippen molar-refractivity contribution in [2.45, 2.75) is 65.3 Å². The number of imide groups is 1. The normalized spacial score (nSPS) is 24.0. The van der Waals surface area contributed by atoms with Crippen LogP contribution in [0.15, 0.2) is 16.7 Å². The summed E-state index contributed by atoms with van der Waals surface area (Å²) in [5.74, 6) is 1.34. The Bertz CT molecular complexity index is 1010. The van der Waals surface area contributed by atoms with Crippen LogP contribution in [0.1, 0.15) is 66.5 Å². The third kappa shape index (κ3) is 3.24. The summed E-state index contributed by atoms with van der Waals surface area (Å²) in [5.41, 5.74) is 1.18. The van der Waals surface area contributed by atoms with Gasteiger partial charge in [0.05, 0.1) is 6.54 Å². The largest absolute Gasteiger partial charge is 0.360 e. The molecule has 30 heavy (non-hydrogen) atoms. The van der Waals surface area contributed by atoms with Crippen LogP contribution in [0.2, 0.25) is 0 Å². The zero-order chi connectivity index (χ0) is 21.6. The summed E-state index contributed by atoms with van der Waals surface area (Å²) in [4.78, 5) is 39.8. The molecule has 1 saturated heterocycles. The molecule has 2 aromatic heterocycles. The second-order valence-electron chi connectivity index (χ2n) is 8.59. The number of carbonyl (C=O) groups excluding carboxylic acids is 3. The van der Waals surface area contributed by atoms with Gasteiger partial charge in [-0.15, -0.1) is 0 Å². The maximum atomic E-state index is 13.1. The Morgan fingerprint density at radius 2 is 1.93 bits per heavy atom. The highest BCUT2D eigenvalue weighted by atomic mass is 16.5. The van der Waals surface area contributed by atoms with Gasteiger partial charge in [0.15, 0.2) is 11.6 Å². The summed E-state index contributed by atoms with van der Waals surface area (Å²) in [5, 5.41) is 6.91. The smallest absolute Gasteiger partial charge is 0.325 e. The Hall–Kier alpha value is -2.90. The third-order valence-electron chi connectivity index (χ3n) is 6.66. The van der Waals surface area contributed by atoms with Gasteiger partial charge in [0.2, 0.25) is 0 Å². The van der Waals surface area contributed by atoms with Gasteiger partial charge in [0.1, 0.15) is 11.3 Å². The first-order chi connectivity index (χ1) is 14.3. The summed E-state index contributed by atoms with van der Waals surface area (Å²) in [6.45, 7) is 7.40. The van der Waals surface area contributed by atoms with Crippen LogP contribution in [-0.2, 0) is 4.79 Å². The minimum absolute atomic E-state index is 0.258. The van der Waals surface area contributed by atoms with Crippen LogP contribution in [0.25, 0.3) is 5.82 Å². The van der Waals surface area contributed by atoms with E-state index in [0.717, 1.165) is 29.9 Å². The monoisotopic (exact) mass is 412 g/mol. The lowest BCUT2D eigenvalue weighted by Crippen LogP contribution is -2.49. The van der Waals surface area contributed by atoms with E-state index in [1.54, 1.807) is 19.1 Å². The highest BCUT2D eigenvalue weighted by Crippen LogP contribution is 2.37. The fourth-order valence-corrected chi connectivity index (χ4v) is 4.82. The molecule has 1 N–H and O–H groups in total. The van der Waals surface area contributed by atoms with Gasteiger partial charge in [-0.2, -0.15) is 0 Å². The van der Waals surface area contributed by atoms with E-state index in [0.29, 0.717) is 41.6 Å². The number of nitrogens with zero attached hydrogens (tertiary/aromatic N) is 3. The topological polar surface area (TPSA) is 97.4 Å². The molecule has 3 heterocycles. The molecule has 1 saturated carbocycles. The van der Waals surface area contributed by atoms with E-state index < -0.39 is 11.6 Å². The molecule has 4 rings (SSSR count). The van der Waals surface area contributed by atoms with Crippen LogP contribution in [0.5, 0.6) is 0 Å². The van der Waals surface area contributed by atoms with Crippen molar-refractivity contribution in [2.24, 2.45) is 5.92 Å². The molecule has 0 unspecified atom stereocenters. The number of hydrogen-bond acceptors (Lipinski definition) is 5. The summed E-state index contributed by atoms with van der Waals surface area (Å²) in [6, 6.07) is 3.09. The fourth-order valence-electron chi connectivity index (χ4n) is 4.82. The second-order valence-corrected chi connectivity index (χ2v) is 8.59. The lowest BCUT2D eigenvalue weighted by molar-refractivity contribution is -0.132. The van der Waals surface area contributed by atoms with E-state index in [2.05, 4.69) is 17.4 Å². The molecule has 1 spiro atoms. The first kappa shape index (κ1) is 20.4. The van der Waals surface area contributed by atoms with Gasteiger partial charge in [-0.1, -0.05) is 18.5 Å². The standard InChI is InChI=1S/C22H28N4O4/c1-5-16-6-8-22(9-7-16)20(28)25(21(29)23-22)12-18(27)17-10-13(2)26(15(17)4)19-11-14(3)30-24-19/h10-11,16H,5-9,12H2,1-4H3,(H,23,29). The number of Topliss-reactive ketones (excluding diaryl/α,β-unsaturated/α-hetero) is 1. The van der Waals surface area contributed by atoms with Gasteiger partial charge in [-0.3, -0.25) is 19.1 Å². The molecule has 2 aliphatic rings. The van der Waals surface area contributed by atoms with Crippen molar-refractivity contribution in [3.05, 3.63) is 34.8 Å². The highest BCUT2D eigenvalue weighted by molar-refractivity contribution is 6.11. The first-order valence-corrected chi connectivity index (χ1v) is 10.6. The molecule has 0 bridgehead atoms. The van der Waals surface area contributed by atoms with E-state index in [4.69, 9.17) is 4.52 Å². The lowest BCUT2D eigenvalue weighted by Gasteiger charge is -2.34. The number of ketones is 1. The van der Waals surface area contributed by atoms with Gasteiger partial charge in [-0.05, 0) is 58.4 Å². The average molecular weight is 412 g/mol. The van der Waals surface area contributed by atoms with Crippen molar-refractivity contribution in [3.63, 3.8) is 0 Å². The minimum atomic E-state index is -0.835. The van der Waals surface area contributed by atoms with Crippen LogP contribution in [0.3, 0.4) is 0 Å². The van der Waals surface area contributed by atoms with Crippen LogP contribution in [0.4, 0.5) is 4.79 Å². The molecule has 8 nitrogen and oxygen atoms in total. The number of aromatic nitrogens is 2. The first-order valence-electron chi connectivity index (χ1n) is 10.6.